The van der Waals surface area contributed by atoms with Crippen LogP contribution in [0, 0.1) is 5.82 Å². The second kappa shape index (κ2) is 7.64. The van der Waals surface area contributed by atoms with Crippen molar-refractivity contribution in [2.24, 2.45) is 5.73 Å². The summed E-state index contributed by atoms with van der Waals surface area (Å²) in [5, 5.41) is 8.97. The quantitative estimate of drug-likeness (QED) is 0.825. The van der Waals surface area contributed by atoms with Crippen molar-refractivity contribution in [3.63, 3.8) is 0 Å². The van der Waals surface area contributed by atoms with Gasteiger partial charge in [-0.2, -0.15) is 0 Å². The average molecular weight is 294 g/mol. The molecule has 1 saturated heterocycles. The summed E-state index contributed by atoms with van der Waals surface area (Å²) >= 11 is 0. The number of Topliss-reactive ketones (excluding diaryl/α,β-unsaturated/α-hetero) is 1. The van der Waals surface area contributed by atoms with Crippen molar-refractivity contribution in [2.75, 3.05) is 19.7 Å². The van der Waals surface area contributed by atoms with Gasteiger partial charge in [-0.05, 0) is 37.4 Å². The molecule has 0 radical (unpaired) electrons. The van der Waals surface area contributed by atoms with Gasteiger partial charge in [0.2, 0.25) is 0 Å². The number of hydrogen-bond acceptors (Lipinski definition) is 4. The molecular formula is C16H23FN2O2. The van der Waals surface area contributed by atoms with Crippen molar-refractivity contribution in [1.82, 2.24) is 4.90 Å². The number of aliphatic hydroxyl groups excluding tert-OH is 1. The number of carbonyl (C=O) groups is 1. The standard InChI is InChI=1S/C16H23FN2O2/c17-13-6-2-1-5-12(13)8-10-19-9-4-3-7-14(19)16(18)15(21)11-20/h1-2,5-6,14,16,20H,3-4,7-11,18H2. The van der Waals surface area contributed by atoms with Crippen LogP contribution < -0.4 is 5.73 Å². The number of rotatable bonds is 6. The van der Waals surface area contributed by atoms with Gasteiger partial charge in [0.25, 0.3) is 0 Å². The lowest BCUT2D eigenvalue weighted by molar-refractivity contribution is -0.124. The number of likely N-dealkylation sites (tertiary alicyclic amines) is 1. The van der Waals surface area contributed by atoms with E-state index in [4.69, 9.17) is 10.8 Å². The smallest absolute Gasteiger partial charge is 0.176 e. The van der Waals surface area contributed by atoms with E-state index in [1.165, 1.54) is 6.07 Å². The highest BCUT2D eigenvalue weighted by Gasteiger charge is 2.31. The van der Waals surface area contributed by atoms with E-state index in [0.717, 1.165) is 25.8 Å². The van der Waals surface area contributed by atoms with Crippen LogP contribution in [-0.4, -0.2) is 47.6 Å². The highest BCUT2D eigenvalue weighted by atomic mass is 19.1. The normalized spacial score (nSPS) is 21.2. The molecule has 21 heavy (non-hydrogen) atoms. The van der Waals surface area contributed by atoms with Gasteiger partial charge in [-0.1, -0.05) is 24.6 Å². The van der Waals surface area contributed by atoms with Crippen LogP contribution in [-0.2, 0) is 11.2 Å². The van der Waals surface area contributed by atoms with Crippen molar-refractivity contribution < 1.29 is 14.3 Å². The third kappa shape index (κ3) is 4.09. The Balaban J connectivity index is 1.99. The molecule has 3 N–H and O–H groups in total. The predicted octanol–water partition coefficient (Wildman–Crippen LogP) is 1.11. The Morgan fingerprint density at radius 3 is 2.90 bits per heavy atom. The molecule has 2 unspecified atom stereocenters. The largest absolute Gasteiger partial charge is 0.389 e. The van der Waals surface area contributed by atoms with Crippen LogP contribution in [0.2, 0.25) is 0 Å². The maximum absolute atomic E-state index is 13.7. The van der Waals surface area contributed by atoms with E-state index in [9.17, 15) is 9.18 Å². The number of ketones is 1. The minimum absolute atomic E-state index is 0.0508. The molecule has 0 spiro atoms. The Bertz CT molecular complexity index is 481. The summed E-state index contributed by atoms with van der Waals surface area (Å²) in [6.07, 6.45) is 3.55. The van der Waals surface area contributed by atoms with E-state index in [1.54, 1.807) is 12.1 Å². The van der Waals surface area contributed by atoms with Gasteiger partial charge in [-0.15, -0.1) is 0 Å². The SMILES string of the molecule is NC(C(=O)CO)C1CCCCN1CCc1ccccc1F. The fourth-order valence-electron chi connectivity index (χ4n) is 2.99. The molecule has 0 aliphatic carbocycles. The summed E-state index contributed by atoms with van der Waals surface area (Å²) in [6, 6.07) is 6.05. The number of benzene rings is 1. The van der Waals surface area contributed by atoms with Gasteiger partial charge in [0.1, 0.15) is 12.4 Å². The fourth-order valence-corrected chi connectivity index (χ4v) is 2.99. The Labute approximate surface area is 124 Å². The second-order valence-corrected chi connectivity index (χ2v) is 5.59. The predicted molar refractivity (Wildman–Crippen MR) is 79.4 cm³/mol. The highest BCUT2D eigenvalue weighted by Crippen LogP contribution is 2.20. The van der Waals surface area contributed by atoms with Gasteiger partial charge < -0.3 is 10.8 Å². The molecule has 1 aromatic rings. The molecule has 4 nitrogen and oxygen atoms in total. The summed E-state index contributed by atoms with van der Waals surface area (Å²) in [6.45, 7) is 1.03. The summed E-state index contributed by atoms with van der Waals surface area (Å²) in [5.41, 5.74) is 6.65. The minimum Gasteiger partial charge on any atom is -0.389 e. The number of halogens is 1. The first-order valence-corrected chi connectivity index (χ1v) is 7.50. The topological polar surface area (TPSA) is 66.6 Å². The van der Waals surface area contributed by atoms with Crippen LogP contribution in [0.15, 0.2) is 24.3 Å². The van der Waals surface area contributed by atoms with Crippen LogP contribution >= 0.6 is 0 Å². The molecule has 0 bridgehead atoms. The van der Waals surface area contributed by atoms with Gasteiger partial charge in [0.15, 0.2) is 5.78 Å². The third-order valence-corrected chi connectivity index (χ3v) is 4.23. The molecule has 116 valence electrons. The molecule has 2 rings (SSSR count). The summed E-state index contributed by atoms with van der Waals surface area (Å²) in [7, 11) is 0. The van der Waals surface area contributed by atoms with E-state index in [-0.39, 0.29) is 17.6 Å². The summed E-state index contributed by atoms with van der Waals surface area (Å²) < 4.78 is 13.7. The number of hydrogen-bond donors (Lipinski definition) is 2. The minimum atomic E-state index is -0.657. The Kier molecular flexibility index (Phi) is 5.85. The molecule has 2 atom stereocenters. The van der Waals surface area contributed by atoms with E-state index in [0.29, 0.717) is 18.5 Å². The first kappa shape index (κ1) is 16.1. The van der Waals surface area contributed by atoms with Gasteiger partial charge in [-0.3, -0.25) is 9.69 Å². The zero-order valence-corrected chi connectivity index (χ0v) is 12.2. The van der Waals surface area contributed by atoms with Crippen molar-refractivity contribution >= 4 is 5.78 Å². The highest BCUT2D eigenvalue weighted by molar-refractivity contribution is 5.85. The zero-order chi connectivity index (χ0) is 15.2. The number of piperidine rings is 1. The average Bonchev–Trinajstić information content (AvgIpc) is 2.53. The molecule has 5 heteroatoms. The fraction of sp³-hybridized carbons (Fsp3) is 0.562. The van der Waals surface area contributed by atoms with E-state index in [1.807, 2.05) is 6.07 Å². The Morgan fingerprint density at radius 2 is 2.19 bits per heavy atom. The van der Waals surface area contributed by atoms with Crippen molar-refractivity contribution in [3.8, 4) is 0 Å². The van der Waals surface area contributed by atoms with Crippen molar-refractivity contribution in [3.05, 3.63) is 35.6 Å². The van der Waals surface area contributed by atoms with Crippen LogP contribution in [0.4, 0.5) is 4.39 Å². The van der Waals surface area contributed by atoms with Crippen LogP contribution in [0.1, 0.15) is 24.8 Å². The summed E-state index contributed by atoms with van der Waals surface area (Å²) in [4.78, 5) is 13.8. The molecule has 1 heterocycles. The molecular weight excluding hydrogens is 271 g/mol. The number of nitrogens with zero attached hydrogens (tertiary/aromatic N) is 1. The van der Waals surface area contributed by atoms with Gasteiger partial charge in [-0.25, -0.2) is 4.39 Å². The van der Waals surface area contributed by atoms with E-state index >= 15 is 0 Å². The number of carbonyl (C=O) groups excluding carboxylic acids is 1. The molecule has 0 aromatic heterocycles. The van der Waals surface area contributed by atoms with Gasteiger partial charge in [0.05, 0.1) is 6.04 Å². The number of nitrogens with two attached hydrogens (primary N) is 1. The molecule has 1 aliphatic rings. The zero-order valence-electron chi connectivity index (χ0n) is 12.2. The third-order valence-electron chi connectivity index (χ3n) is 4.23. The summed E-state index contributed by atoms with van der Waals surface area (Å²) in [5.74, 6) is -0.514. The Morgan fingerprint density at radius 1 is 1.43 bits per heavy atom. The van der Waals surface area contributed by atoms with Crippen LogP contribution in [0.25, 0.3) is 0 Å². The van der Waals surface area contributed by atoms with Crippen molar-refractivity contribution in [2.45, 2.75) is 37.8 Å². The van der Waals surface area contributed by atoms with Crippen molar-refractivity contribution in [1.29, 1.82) is 0 Å². The van der Waals surface area contributed by atoms with Crippen LogP contribution in [0.3, 0.4) is 0 Å². The van der Waals surface area contributed by atoms with Gasteiger partial charge in [0, 0.05) is 12.6 Å². The first-order valence-electron chi connectivity index (χ1n) is 7.50. The molecule has 1 fully saturated rings. The molecule has 1 aliphatic heterocycles. The molecule has 1 aromatic carbocycles. The second-order valence-electron chi connectivity index (χ2n) is 5.59. The van der Waals surface area contributed by atoms with Gasteiger partial charge >= 0.3 is 0 Å². The lowest BCUT2D eigenvalue weighted by Crippen LogP contribution is -2.54. The lowest BCUT2D eigenvalue weighted by Gasteiger charge is -2.38. The Hall–Kier alpha value is -1.30. The molecule has 0 amide bonds. The van der Waals surface area contributed by atoms with E-state index < -0.39 is 12.6 Å². The maximum Gasteiger partial charge on any atom is 0.176 e. The van der Waals surface area contributed by atoms with Crippen LogP contribution in [0.5, 0.6) is 0 Å². The molecule has 0 saturated carbocycles. The monoisotopic (exact) mass is 294 g/mol. The maximum atomic E-state index is 13.7. The van der Waals surface area contributed by atoms with E-state index in [2.05, 4.69) is 4.90 Å². The number of aliphatic hydroxyl groups is 1. The first-order chi connectivity index (χ1) is 10.1. The lowest BCUT2D eigenvalue weighted by atomic mass is 9.93.